The van der Waals surface area contributed by atoms with Crippen LogP contribution in [0.2, 0.25) is 0 Å². The molecule has 0 spiro atoms. The average molecular weight is 199 g/mol. The Kier molecular flexibility index (Phi) is 2.74. The summed E-state index contributed by atoms with van der Waals surface area (Å²) in [6.45, 7) is 1.84. The monoisotopic (exact) mass is 199 g/mol. The Morgan fingerprint density at radius 2 is 2.36 bits per heavy atom. The molecule has 2 N–H and O–H groups in total. The van der Waals surface area contributed by atoms with Crippen LogP contribution in [-0.2, 0) is 9.53 Å². The predicted molar refractivity (Wildman–Crippen MR) is 51.1 cm³/mol. The minimum Gasteiger partial charge on any atom is -0.480 e. The molecular weight excluding hydrogens is 182 g/mol. The fourth-order valence-electron chi connectivity index (χ4n) is 1.84. The van der Waals surface area contributed by atoms with Crippen LogP contribution in [0.4, 0.5) is 0 Å². The molecule has 4 heteroatoms. The highest BCUT2D eigenvalue weighted by Crippen LogP contribution is 2.29. The van der Waals surface area contributed by atoms with Crippen molar-refractivity contribution in [1.29, 1.82) is 0 Å². The van der Waals surface area contributed by atoms with Crippen LogP contribution in [0, 0.1) is 5.92 Å². The number of hydrogen-bond donors (Lipinski definition) is 2. The van der Waals surface area contributed by atoms with E-state index in [0.29, 0.717) is 25.6 Å². The number of rotatable bonds is 4. The molecule has 0 aromatic heterocycles. The molecule has 0 amide bonds. The molecule has 0 bridgehead atoms. The second kappa shape index (κ2) is 3.87. The van der Waals surface area contributed by atoms with E-state index in [1.807, 2.05) is 0 Å². The maximum absolute atomic E-state index is 11.2. The van der Waals surface area contributed by atoms with Crippen molar-refractivity contribution in [2.24, 2.45) is 5.92 Å². The maximum atomic E-state index is 11.2. The number of carboxylic acids is 1. The van der Waals surface area contributed by atoms with Crippen LogP contribution in [0.25, 0.3) is 0 Å². The SMILES string of the molecule is O=C(O)C1(NCC2CC2)CCCOC1. The van der Waals surface area contributed by atoms with Gasteiger partial charge in [-0.3, -0.25) is 10.1 Å². The van der Waals surface area contributed by atoms with Crippen molar-refractivity contribution in [3.8, 4) is 0 Å². The molecule has 2 fully saturated rings. The summed E-state index contributed by atoms with van der Waals surface area (Å²) >= 11 is 0. The highest BCUT2D eigenvalue weighted by atomic mass is 16.5. The summed E-state index contributed by atoms with van der Waals surface area (Å²) < 4.78 is 5.26. The van der Waals surface area contributed by atoms with E-state index in [1.165, 1.54) is 12.8 Å². The second-order valence-electron chi connectivity index (χ2n) is 4.37. The Balaban J connectivity index is 1.92. The number of nitrogens with one attached hydrogen (secondary N) is 1. The molecule has 1 saturated heterocycles. The van der Waals surface area contributed by atoms with E-state index in [0.717, 1.165) is 13.0 Å². The molecule has 1 unspecified atom stereocenters. The van der Waals surface area contributed by atoms with Gasteiger partial charge < -0.3 is 9.84 Å². The molecule has 1 saturated carbocycles. The smallest absolute Gasteiger partial charge is 0.326 e. The third kappa shape index (κ3) is 2.07. The van der Waals surface area contributed by atoms with Gasteiger partial charge in [0, 0.05) is 6.61 Å². The number of carbonyl (C=O) groups is 1. The molecule has 1 atom stereocenters. The van der Waals surface area contributed by atoms with E-state index in [-0.39, 0.29) is 0 Å². The average Bonchev–Trinajstić information content (AvgIpc) is 2.99. The number of ether oxygens (including phenoxy) is 1. The summed E-state index contributed by atoms with van der Waals surface area (Å²) in [7, 11) is 0. The zero-order valence-electron chi connectivity index (χ0n) is 8.29. The van der Waals surface area contributed by atoms with E-state index >= 15 is 0 Å². The highest BCUT2D eigenvalue weighted by Gasteiger charge is 2.41. The van der Waals surface area contributed by atoms with Crippen molar-refractivity contribution in [1.82, 2.24) is 5.32 Å². The van der Waals surface area contributed by atoms with Crippen LogP contribution < -0.4 is 5.32 Å². The summed E-state index contributed by atoms with van der Waals surface area (Å²) in [5.74, 6) is -0.0639. The zero-order valence-corrected chi connectivity index (χ0v) is 8.29. The van der Waals surface area contributed by atoms with Crippen LogP contribution in [0.3, 0.4) is 0 Å². The Morgan fingerprint density at radius 1 is 1.57 bits per heavy atom. The summed E-state index contributed by atoms with van der Waals surface area (Å²) in [6.07, 6.45) is 4.01. The summed E-state index contributed by atoms with van der Waals surface area (Å²) in [5.41, 5.74) is -0.805. The van der Waals surface area contributed by atoms with Gasteiger partial charge >= 0.3 is 5.97 Å². The van der Waals surface area contributed by atoms with Crippen molar-refractivity contribution >= 4 is 5.97 Å². The van der Waals surface area contributed by atoms with Gasteiger partial charge in [-0.2, -0.15) is 0 Å². The lowest BCUT2D eigenvalue weighted by atomic mass is 9.92. The van der Waals surface area contributed by atoms with Crippen LogP contribution in [0.15, 0.2) is 0 Å². The molecule has 0 aromatic carbocycles. The largest absolute Gasteiger partial charge is 0.480 e. The van der Waals surface area contributed by atoms with Gasteiger partial charge in [-0.25, -0.2) is 0 Å². The third-order valence-electron chi connectivity index (χ3n) is 3.08. The first-order valence-corrected chi connectivity index (χ1v) is 5.29. The summed E-state index contributed by atoms with van der Waals surface area (Å²) in [6, 6.07) is 0. The lowest BCUT2D eigenvalue weighted by Crippen LogP contribution is -2.58. The molecular formula is C10H17NO3. The lowest BCUT2D eigenvalue weighted by molar-refractivity contribution is -0.150. The maximum Gasteiger partial charge on any atom is 0.326 e. The fraction of sp³-hybridized carbons (Fsp3) is 0.900. The third-order valence-corrected chi connectivity index (χ3v) is 3.08. The van der Waals surface area contributed by atoms with Gasteiger partial charge in [-0.15, -0.1) is 0 Å². The van der Waals surface area contributed by atoms with Gasteiger partial charge in [0.05, 0.1) is 6.61 Å². The van der Waals surface area contributed by atoms with Crippen LogP contribution in [0.5, 0.6) is 0 Å². The first-order valence-electron chi connectivity index (χ1n) is 5.29. The van der Waals surface area contributed by atoms with Gasteiger partial charge in [-0.05, 0) is 38.1 Å². The quantitative estimate of drug-likeness (QED) is 0.697. The first kappa shape index (κ1) is 9.93. The van der Waals surface area contributed by atoms with E-state index in [2.05, 4.69) is 5.32 Å². The molecule has 1 aliphatic heterocycles. The topological polar surface area (TPSA) is 58.6 Å². The van der Waals surface area contributed by atoms with E-state index in [9.17, 15) is 9.90 Å². The predicted octanol–water partition coefficient (Wildman–Crippen LogP) is 0.620. The highest BCUT2D eigenvalue weighted by molar-refractivity contribution is 5.79. The molecule has 2 rings (SSSR count). The van der Waals surface area contributed by atoms with Crippen LogP contribution in [-0.4, -0.2) is 36.4 Å². The standard InChI is InChI=1S/C10H17NO3/c12-9(13)10(4-1-5-14-7-10)11-6-8-2-3-8/h8,11H,1-7H2,(H,12,13). The van der Waals surface area contributed by atoms with Crippen molar-refractivity contribution in [2.45, 2.75) is 31.2 Å². The van der Waals surface area contributed by atoms with Gasteiger partial charge in [0.2, 0.25) is 0 Å². The summed E-state index contributed by atoms with van der Waals surface area (Å²) in [5, 5.41) is 12.4. The number of aliphatic carboxylic acids is 1. The Morgan fingerprint density at radius 3 is 2.86 bits per heavy atom. The molecule has 2 aliphatic rings. The Bertz CT molecular complexity index is 219. The minimum atomic E-state index is -0.805. The van der Waals surface area contributed by atoms with Crippen molar-refractivity contribution in [2.75, 3.05) is 19.8 Å². The van der Waals surface area contributed by atoms with Gasteiger partial charge in [-0.1, -0.05) is 0 Å². The number of carboxylic acid groups (broad SMARTS) is 1. The molecule has 4 nitrogen and oxygen atoms in total. The molecule has 1 aliphatic carbocycles. The molecule has 0 radical (unpaired) electrons. The molecule has 14 heavy (non-hydrogen) atoms. The number of hydrogen-bond acceptors (Lipinski definition) is 3. The normalized spacial score (nSPS) is 32.9. The van der Waals surface area contributed by atoms with Gasteiger partial charge in [0.15, 0.2) is 0 Å². The molecule has 80 valence electrons. The van der Waals surface area contributed by atoms with Crippen molar-refractivity contribution in [3.05, 3.63) is 0 Å². The Labute approximate surface area is 83.6 Å². The molecule has 0 aromatic rings. The van der Waals surface area contributed by atoms with E-state index in [1.54, 1.807) is 0 Å². The lowest BCUT2D eigenvalue weighted by Gasteiger charge is -2.34. The van der Waals surface area contributed by atoms with Gasteiger partial charge in [0.25, 0.3) is 0 Å². The van der Waals surface area contributed by atoms with Crippen LogP contribution >= 0.6 is 0 Å². The Hall–Kier alpha value is -0.610. The molecule has 1 heterocycles. The first-order chi connectivity index (χ1) is 6.73. The van der Waals surface area contributed by atoms with Crippen molar-refractivity contribution < 1.29 is 14.6 Å². The van der Waals surface area contributed by atoms with Gasteiger partial charge in [0.1, 0.15) is 5.54 Å². The fourth-order valence-corrected chi connectivity index (χ4v) is 1.84. The van der Waals surface area contributed by atoms with Crippen LogP contribution in [0.1, 0.15) is 25.7 Å². The second-order valence-corrected chi connectivity index (χ2v) is 4.37. The minimum absolute atomic E-state index is 0.315. The van der Waals surface area contributed by atoms with E-state index in [4.69, 9.17) is 4.74 Å². The van der Waals surface area contributed by atoms with Crippen molar-refractivity contribution in [3.63, 3.8) is 0 Å². The van der Waals surface area contributed by atoms with E-state index < -0.39 is 11.5 Å². The summed E-state index contributed by atoms with van der Waals surface area (Å²) in [4.78, 5) is 11.2. The zero-order chi connectivity index (χ0) is 10.0.